The predicted octanol–water partition coefficient (Wildman–Crippen LogP) is 1.18. The van der Waals surface area contributed by atoms with Crippen LogP contribution in [0.3, 0.4) is 0 Å². The summed E-state index contributed by atoms with van der Waals surface area (Å²) in [7, 11) is 0. The molecule has 0 bridgehead atoms. The van der Waals surface area contributed by atoms with Crippen LogP contribution in [0.1, 0.15) is 17.8 Å². The molecule has 0 aromatic carbocycles. The second-order valence-electron chi connectivity index (χ2n) is 3.45. The summed E-state index contributed by atoms with van der Waals surface area (Å²) in [6, 6.07) is 0. The molecule has 2 aromatic rings. The number of hydrogen-bond acceptors (Lipinski definition) is 4. The minimum Gasteiger partial charge on any atom is -0.396 e. The van der Waals surface area contributed by atoms with E-state index in [0.717, 1.165) is 30.2 Å². The van der Waals surface area contributed by atoms with E-state index >= 15 is 0 Å². The number of aliphatic hydroxyl groups excluding tert-OH is 1. The lowest BCUT2D eigenvalue weighted by Gasteiger charge is -2.03. The zero-order valence-corrected chi connectivity index (χ0v) is 9.55. The fraction of sp³-hybridized carbons (Fsp3) is 0.500. The van der Waals surface area contributed by atoms with Gasteiger partial charge in [-0.15, -0.1) is 11.3 Å². The van der Waals surface area contributed by atoms with Gasteiger partial charge in [0.05, 0.1) is 11.4 Å². The first-order chi connectivity index (χ1) is 7.33. The fourth-order valence-corrected chi connectivity index (χ4v) is 2.34. The Labute approximate surface area is 92.6 Å². The highest BCUT2D eigenvalue weighted by Gasteiger charge is 2.08. The van der Waals surface area contributed by atoms with E-state index in [1.165, 1.54) is 5.69 Å². The molecule has 0 aliphatic carbocycles. The smallest absolute Gasteiger partial charge is 0.194 e. The zero-order chi connectivity index (χ0) is 10.7. The molecule has 2 aromatic heterocycles. The van der Waals surface area contributed by atoms with E-state index in [2.05, 4.69) is 14.7 Å². The number of imidazole rings is 1. The minimum absolute atomic E-state index is 0.242. The summed E-state index contributed by atoms with van der Waals surface area (Å²) < 4.78 is 2.12. The number of hydrogen-bond donors (Lipinski definition) is 2. The number of aliphatic hydroxyl groups is 1. The van der Waals surface area contributed by atoms with Gasteiger partial charge in [0, 0.05) is 24.7 Å². The molecule has 0 fully saturated rings. The molecule has 0 aliphatic heterocycles. The lowest BCUT2D eigenvalue weighted by atomic mass is 10.3. The van der Waals surface area contributed by atoms with Crippen molar-refractivity contribution >= 4 is 16.3 Å². The Balaban J connectivity index is 2.05. The molecule has 0 atom stereocenters. The zero-order valence-electron chi connectivity index (χ0n) is 8.73. The molecular formula is C10H15N3OS. The summed E-state index contributed by atoms with van der Waals surface area (Å²) in [4.78, 5) is 5.51. The highest BCUT2D eigenvalue weighted by molar-refractivity contribution is 7.15. The van der Waals surface area contributed by atoms with Gasteiger partial charge in [0.15, 0.2) is 4.96 Å². The number of nitrogens with zero attached hydrogens (tertiary/aromatic N) is 2. The second-order valence-corrected chi connectivity index (χ2v) is 4.33. The number of fused-ring (bicyclic) bond motifs is 1. The van der Waals surface area contributed by atoms with Crippen LogP contribution in [0.5, 0.6) is 0 Å². The Hall–Kier alpha value is -0.910. The average molecular weight is 225 g/mol. The fourth-order valence-electron chi connectivity index (χ4n) is 1.56. The summed E-state index contributed by atoms with van der Waals surface area (Å²) in [5.74, 6) is 0. The van der Waals surface area contributed by atoms with Crippen LogP contribution in [0.25, 0.3) is 4.96 Å². The molecule has 15 heavy (non-hydrogen) atoms. The van der Waals surface area contributed by atoms with Gasteiger partial charge in [0.2, 0.25) is 0 Å². The van der Waals surface area contributed by atoms with Gasteiger partial charge in [0.1, 0.15) is 0 Å². The quantitative estimate of drug-likeness (QED) is 0.751. The lowest BCUT2D eigenvalue weighted by molar-refractivity contribution is 0.286. The largest absolute Gasteiger partial charge is 0.396 e. The molecule has 0 amide bonds. The van der Waals surface area contributed by atoms with E-state index in [1.807, 2.05) is 18.5 Å². The third-order valence-corrected chi connectivity index (χ3v) is 3.12. The molecule has 0 aliphatic rings. The predicted molar refractivity (Wildman–Crippen MR) is 61.2 cm³/mol. The number of nitrogens with one attached hydrogen (secondary N) is 1. The van der Waals surface area contributed by atoms with Gasteiger partial charge in [-0.3, -0.25) is 4.40 Å². The van der Waals surface area contributed by atoms with E-state index in [0.29, 0.717) is 0 Å². The van der Waals surface area contributed by atoms with Gasteiger partial charge in [-0.1, -0.05) is 0 Å². The minimum atomic E-state index is 0.242. The molecule has 82 valence electrons. The molecular weight excluding hydrogens is 210 g/mol. The summed E-state index contributed by atoms with van der Waals surface area (Å²) in [6.07, 6.45) is 2.84. The van der Waals surface area contributed by atoms with Crippen molar-refractivity contribution in [1.82, 2.24) is 14.7 Å². The molecule has 0 saturated heterocycles. The lowest BCUT2D eigenvalue weighted by Crippen LogP contribution is -2.17. The molecule has 2 rings (SSSR count). The normalized spacial score (nSPS) is 11.3. The van der Waals surface area contributed by atoms with Crippen LogP contribution in [0.2, 0.25) is 0 Å². The van der Waals surface area contributed by atoms with Crippen LogP contribution >= 0.6 is 11.3 Å². The number of rotatable bonds is 5. The van der Waals surface area contributed by atoms with Gasteiger partial charge in [-0.25, -0.2) is 4.98 Å². The van der Waals surface area contributed by atoms with Crippen LogP contribution in [0, 0.1) is 6.92 Å². The van der Waals surface area contributed by atoms with Crippen LogP contribution in [-0.4, -0.2) is 27.6 Å². The van der Waals surface area contributed by atoms with Crippen molar-refractivity contribution < 1.29 is 5.11 Å². The highest BCUT2D eigenvalue weighted by atomic mass is 32.1. The summed E-state index contributed by atoms with van der Waals surface area (Å²) >= 11 is 1.65. The maximum atomic E-state index is 8.66. The summed E-state index contributed by atoms with van der Waals surface area (Å²) in [6.45, 7) is 3.92. The van der Waals surface area contributed by atoms with Crippen LogP contribution in [-0.2, 0) is 6.54 Å². The van der Waals surface area contributed by atoms with E-state index in [1.54, 1.807) is 11.3 Å². The molecule has 5 heteroatoms. The SMILES string of the molecule is Cc1nc2sccn2c1CNCCCO. The molecule has 2 N–H and O–H groups in total. The Kier molecular flexibility index (Phi) is 3.35. The molecule has 2 heterocycles. The van der Waals surface area contributed by atoms with Crippen molar-refractivity contribution in [2.45, 2.75) is 19.9 Å². The van der Waals surface area contributed by atoms with E-state index in [9.17, 15) is 0 Å². The van der Waals surface area contributed by atoms with E-state index in [-0.39, 0.29) is 6.61 Å². The summed E-state index contributed by atoms with van der Waals surface area (Å²) in [5, 5.41) is 14.0. The van der Waals surface area contributed by atoms with Gasteiger partial charge in [-0.05, 0) is 19.9 Å². The molecule has 0 unspecified atom stereocenters. The van der Waals surface area contributed by atoms with Crippen molar-refractivity contribution in [3.05, 3.63) is 23.0 Å². The van der Waals surface area contributed by atoms with Gasteiger partial charge in [0.25, 0.3) is 0 Å². The Morgan fingerprint density at radius 3 is 3.27 bits per heavy atom. The molecule has 0 radical (unpaired) electrons. The number of aryl methyl sites for hydroxylation is 1. The highest BCUT2D eigenvalue weighted by Crippen LogP contribution is 2.16. The van der Waals surface area contributed by atoms with E-state index < -0.39 is 0 Å². The maximum Gasteiger partial charge on any atom is 0.194 e. The molecule has 0 spiro atoms. The topological polar surface area (TPSA) is 49.6 Å². The standard InChI is InChI=1S/C10H15N3OS/c1-8-9(7-11-3-2-5-14)13-4-6-15-10(13)12-8/h4,6,11,14H,2-3,5,7H2,1H3. The first kappa shape index (κ1) is 10.6. The first-order valence-corrected chi connectivity index (χ1v) is 5.93. The van der Waals surface area contributed by atoms with Crippen LogP contribution in [0.4, 0.5) is 0 Å². The van der Waals surface area contributed by atoms with Crippen molar-refractivity contribution in [2.24, 2.45) is 0 Å². The second kappa shape index (κ2) is 4.74. The average Bonchev–Trinajstić information content (AvgIpc) is 2.75. The molecule has 4 nitrogen and oxygen atoms in total. The van der Waals surface area contributed by atoms with Gasteiger partial charge >= 0.3 is 0 Å². The van der Waals surface area contributed by atoms with E-state index in [4.69, 9.17) is 5.11 Å². The first-order valence-electron chi connectivity index (χ1n) is 5.05. The van der Waals surface area contributed by atoms with Crippen molar-refractivity contribution in [2.75, 3.05) is 13.2 Å². The van der Waals surface area contributed by atoms with Crippen molar-refractivity contribution in [3.8, 4) is 0 Å². The Morgan fingerprint density at radius 2 is 2.47 bits per heavy atom. The third-order valence-electron chi connectivity index (χ3n) is 2.37. The molecule has 0 saturated carbocycles. The van der Waals surface area contributed by atoms with Gasteiger partial charge in [-0.2, -0.15) is 0 Å². The van der Waals surface area contributed by atoms with Gasteiger partial charge < -0.3 is 10.4 Å². The van der Waals surface area contributed by atoms with Crippen molar-refractivity contribution in [3.63, 3.8) is 0 Å². The van der Waals surface area contributed by atoms with Crippen LogP contribution in [0.15, 0.2) is 11.6 Å². The number of aromatic nitrogens is 2. The maximum absolute atomic E-state index is 8.66. The Morgan fingerprint density at radius 1 is 1.60 bits per heavy atom. The summed E-state index contributed by atoms with van der Waals surface area (Å²) in [5.41, 5.74) is 2.29. The monoisotopic (exact) mass is 225 g/mol. The number of thiazole rings is 1. The Bertz CT molecular complexity index is 435. The van der Waals surface area contributed by atoms with Crippen LogP contribution < -0.4 is 5.32 Å². The van der Waals surface area contributed by atoms with Crippen molar-refractivity contribution in [1.29, 1.82) is 0 Å². The third kappa shape index (κ3) is 2.19.